The number of likely N-dealkylation sites (tertiary alicyclic amines) is 1. The first kappa shape index (κ1) is 13.7. The quantitative estimate of drug-likeness (QED) is 0.795. The molecule has 0 aromatic rings. The highest BCUT2D eigenvalue weighted by atomic mass is 32.2. The highest BCUT2D eigenvalue weighted by molar-refractivity contribution is 7.99. The lowest BCUT2D eigenvalue weighted by Gasteiger charge is -2.31. The molecule has 0 bridgehead atoms. The van der Waals surface area contributed by atoms with E-state index in [1.807, 2.05) is 0 Å². The van der Waals surface area contributed by atoms with Crippen molar-refractivity contribution in [2.45, 2.75) is 31.8 Å². The molecule has 0 aliphatic carbocycles. The van der Waals surface area contributed by atoms with E-state index in [9.17, 15) is 0 Å². The lowest BCUT2D eigenvalue weighted by atomic mass is 10.2. The third kappa shape index (κ3) is 4.12. The van der Waals surface area contributed by atoms with Crippen molar-refractivity contribution in [3.05, 3.63) is 0 Å². The standard InChI is InChI=1S/C13H27N3S/c1-3-16-7-4-5-13(16)10-15(2)9-12-11-17-8-6-14-12/h12-14H,3-11H2,1-2H3. The van der Waals surface area contributed by atoms with Crippen LogP contribution in [0.25, 0.3) is 0 Å². The van der Waals surface area contributed by atoms with Gasteiger partial charge in [0, 0.05) is 43.2 Å². The van der Waals surface area contributed by atoms with Crippen LogP contribution < -0.4 is 5.32 Å². The summed E-state index contributed by atoms with van der Waals surface area (Å²) in [4.78, 5) is 5.17. The molecule has 0 spiro atoms. The lowest BCUT2D eigenvalue weighted by molar-refractivity contribution is 0.190. The van der Waals surface area contributed by atoms with Crippen molar-refractivity contribution in [1.82, 2.24) is 15.1 Å². The highest BCUT2D eigenvalue weighted by Crippen LogP contribution is 2.17. The summed E-state index contributed by atoms with van der Waals surface area (Å²) in [6.07, 6.45) is 2.79. The summed E-state index contributed by atoms with van der Waals surface area (Å²) < 4.78 is 0. The Labute approximate surface area is 110 Å². The minimum absolute atomic E-state index is 0.704. The van der Waals surface area contributed by atoms with Crippen LogP contribution in [-0.4, -0.2) is 73.2 Å². The zero-order valence-electron chi connectivity index (χ0n) is 11.3. The number of hydrogen-bond donors (Lipinski definition) is 1. The maximum absolute atomic E-state index is 3.62. The van der Waals surface area contributed by atoms with Gasteiger partial charge >= 0.3 is 0 Å². The van der Waals surface area contributed by atoms with Gasteiger partial charge in [0.05, 0.1) is 0 Å². The van der Waals surface area contributed by atoms with E-state index >= 15 is 0 Å². The molecule has 0 saturated carbocycles. The Kier molecular flexibility index (Phi) is 5.60. The maximum Gasteiger partial charge on any atom is 0.0285 e. The molecular formula is C13H27N3S. The van der Waals surface area contributed by atoms with E-state index in [-0.39, 0.29) is 0 Å². The van der Waals surface area contributed by atoms with Gasteiger partial charge in [-0.3, -0.25) is 4.90 Å². The summed E-state index contributed by atoms with van der Waals surface area (Å²) >= 11 is 2.09. The van der Waals surface area contributed by atoms with Crippen LogP contribution in [0, 0.1) is 0 Å². The van der Waals surface area contributed by atoms with Gasteiger partial charge in [-0.1, -0.05) is 6.92 Å². The monoisotopic (exact) mass is 257 g/mol. The van der Waals surface area contributed by atoms with Gasteiger partial charge in [0.2, 0.25) is 0 Å². The summed E-state index contributed by atoms with van der Waals surface area (Å²) in [6.45, 7) is 8.46. The van der Waals surface area contributed by atoms with Gasteiger partial charge in [-0.15, -0.1) is 0 Å². The lowest BCUT2D eigenvalue weighted by Crippen LogP contribution is -2.47. The fraction of sp³-hybridized carbons (Fsp3) is 1.00. The zero-order valence-corrected chi connectivity index (χ0v) is 12.1. The van der Waals surface area contributed by atoms with E-state index in [0.29, 0.717) is 6.04 Å². The van der Waals surface area contributed by atoms with E-state index in [1.54, 1.807) is 0 Å². The van der Waals surface area contributed by atoms with E-state index in [0.717, 1.165) is 6.04 Å². The molecule has 17 heavy (non-hydrogen) atoms. The Morgan fingerprint density at radius 2 is 2.29 bits per heavy atom. The Hall–Kier alpha value is 0.230. The van der Waals surface area contributed by atoms with Crippen molar-refractivity contribution in [3.63, 3.8) is 0 Å². The number of nitrogens with one attached hydrogen (secondary N) is 1. The average Bonchev–Trinajstić information content (AvgIpc) is 2.77. The Bertz CT molecular complexity index is 219. The van der Waals surface area contributed by atoms with Crippen molar-refractivity contribution in [3.8, 4) is 0 Å². The molecule has 2 aliphatic rings. The van der Waals surface area contributed by atoms with Crippen molar-refractivity contribution >= 4 is 11.8 Å². The molecule has 100 valence electrons. The fourth-order valence-corrected chi connectivity index (χ4v) is 4.00. The van der Waals surface area contributed by atoms with Gasteiger partial charge in [0.25, 0.3) is 0 Å². The van der Waals surface area contributed by atoms with Crippen LogP contribution in [-0.2, 0) is 0 Å². The molecule has 4 heteroatoms. The van der Waals surface area contributed by atoms with E-state index in [2.05, 4.69) is 40.8 Å². The summed E-state index contributed by atoms with van der Waals surface area (Å²) in [5, 5.41) is 3.62. The molecule has 2 fully saturated rings. The minimum Gasteiger partial charge on any atom is -0.311 e. The molecule has 1 N–H and O–H groups in total. The third-order valence-corrected chi connectivity index (χ3v) is 5.09. The molecule has 3 nitrogen and oxygen atoms in total. The predicted octanol–water partition coefficient (Wildman–Crippen LogP) is 1.11. The van der Waals surface area contributed by atoms with E-state index < -0.39 is 0 Å². The van der Waals surface area contributed by atoms with E-state index in [1.165, 1.54) is 57.1 Å². The largest absolute Gasteiger partial charge is 0.311 e. The van der Waals surface area contributed by atoms with Crippen LogP contribution in [0.1, 0.15) is 19.8 Å². The molecule has 2 unspecified atom stereocenters. The van der Waals surface area contributed by atoms with Crippen LogP contribution in [0.2, 0.25) is 0 Å². The molecule has 2 aliphatic heterocycles. The highest BCUT2D eigenvalue weighted by Gasteiger charge is 2.25. The number of likely N-dealkylation sites (N-methyl/N-ethyl adjacent to an activating group) is 2. The summed E-state index contributed by atoms with van der Waals surface area (Å²) in [7, 11) is 2.28. The van der Waals surface area contributed by atoms with E-state index in [4.69, 9.17) is 0 Å². The Balaban J connectivity index is 1.70. The molecule has 0 amide bonds. The van der Waals surface area contributed by atoms with Crippen LogP contribution in [0.3, 0.4) is 0 Å². The number of nitrogens with zero attached hydrogens (tertiary/aromatic N) is 2. The van der Waals surface area contributed by atoms with Crippen LogP contribution >= 0.6 is 11.8 Å². The first-order valence-electron chi connectivity index (χ1n) is 7.03. The van der Waals surface area contributed by atoms with Crippen molar-refractivity contribution < 1.29 is 0 Å². The second-order valence-corrected chi connectivity index (χ2v) is 6.52. The predicted molar refractivity (Wildman–Crippen MR) is 76.9 cm³/mol. The van der Waals surface area contributed by atoms with Crippen LogP contribution in [0.15, 0.2) is 0 Å². The Morgan fingerprint density at radius 3 is 3.00 bits per heavy atom. The van der Waals surface area contributed by atoms with Crippen molar-refractivity contribution in [2.24, 2.45) is 0 Å². The second-order valence-electron chi connectivity index (χ2n) is 5.37. The SMILES string of the molecule is CCN1CCCC1CN(C)CC1CSCCN1. The first-order chi connectivity index (χ1) is 8.29. The second kappa shape index (κ2) is 6.98. The van der Waals surface area contributed by atoms with Gasteiger partial charge in [-0.25, -0.2) is 0 Å². The summed E-state index contributed by atoms with van der Waals surface area (Å²) in [5.74, 6) is 2.57. The molecule has 0 radical (unpaired) electrons. The van der Waals surface area contributed by atoms with Crippen molar-refractivity contribution in [1.29, 1.82) is 0 Å². The molecule has 2 atom stereocenters. The average molecular weight is 257 g/mol. The minimum atomic E-state index is 0.704. The summed E-state index contributed by atoms with van der Waals surface area (Å²) in [6, 6.07) is 1.51. The Morgan fingerprint density at radius 1 is 1.41 bits per heavy atom. The maximum atomic E-state index is 3.62. The molecule has 2 rings (SSSR count). The number of thioether (sulfide) groups is 1. The molecule has 2 heterocycles. The molecule has 2 saturated heterocycles. The van der Waals surface area contributed by atoms with Gasteiger partial charge in [0.1, 0.15) is 0 Å². The molecule has 0 aromatic carbocycles. The van der Waals surface area contributed by atoms with Gasteiger partial charge in [-0.05, 0) is 33.0 Å². The summed E-state index contributed by atoms with van der Waals surface area (Å²) in [5.41, 5.74) is 0. The first-order valence-corrected chi connectivity index (χ1v) is 8.18. The fourth-order valence-electron chi connectivity index (χ4n) is 3.07. The van der Waals surface area contributed by atoms with Crippen LogP contribution in [0.5, 0.6) is 0 Å². The number of rotatable bonds is 5. The topological polar surface area (TPSA) is 18.5 Å². The van der Waals surface area contributed by atoms with Crippen molar-refractivity contribution in [2.75, 3.05) is 51.3 Å². The molecular weight excluding hydrogens is 230 g/mol. The van der Waals surface area contributed by atoms with Gasteiger partial charge < -0.3 is 10.2 Å². The zero-order chi connectivity index (χ0) is 12.1. The smallest absolute Gasteiger partial charge is 0.0285 e. The number of hydrogen-bond acceptors (Lipinski definition) is 4. The van der Waals surface area contributed by atoms with Gasteiger partial charge in [-0.2, -0.15) is 11.8 Å². The molecule has 0 aromatic heterocycles. The van der Waals surface area contributed by atoms with Gasteiger partial charge in [0.15, 0.2) is 0 Å². The third-order valence-electron chi connectivity index (χ3n) is 3.96. The van der Waals surface area contributed by atoms with Crippen LogP contribution in [0.4, 0.5) is 0 Å². The normalized spacial score (nSPS) is 31.2.